The Hall–Kier alpha value is -2.75. The summed E-state index contributed by atoms with van der Waals surface area (Å²) >= 11 is 1.31. The summed E-state index contributed by atoms with van der Waals surface area (Å²) in [6.07, 6.45) is 0. The third-order valence-corrected chi connectivity index (χ3v) is 5.37. The highest BCUT2D eigenvalue weighted by Crippen LogP contribution is 2.28. The zero-order chi connectivity index (χ0) is 19.4. The summed E-state index contributed by atoms with van der Waals surface area (Å²) in [6.45, 7) is 1.72. The number of hydrogen-bond acceptors (Lipinski definition) is 4. The molecule has 1 amide bonds. The van der Waals surface area contributed by atoms with Crippen LogP contribution in [-0.2, 0) is 6.54 Å². The van der Waals surface area contributed by atoms with Crippen LogP contribution < -0.4 is 0 Å². The zero-order valence-corrected chi connectivity index (χ0v) is 16.1. The SMILES string of the molecule is CN(C)CCN(Cc1ccc(C#N)cc1)C(=O)c1cc2c(F)cccc2s1. The van der Waals surface area contributed by atoms with Crippen molar-refractivity contribution in [2.24, 2.45) is 0 Å². The average molecular weight is 381 g/mol. The molecule has 138 valence electrons. The van der Waals surface area contributed by atoms with E-state index in [1.54, 1.807) is 29.2 Å². The van der Waals surface area contributed by atoms with Crippen molar-refractivity contribution in [1.29, 1.82) is 5.26 Å². The van der Waals surface area contributed by atoms with E-state index >= 15 is 0 Å². The van der Waals surface area contributed by atoms with Crippen LogP contribution in [0.3, 0.4) is 0 Å². The number of halogens is 1. The van der Waals surface area contributed by atoms with Gasteiger partial charge in [-0.2, -0.15) is 5.26 Å². The highest BCUT2D eigenvalue weighted by atomic mass is 32.1. The van der Waals surface area contributed by atoms with Gasteiger partial charge >= 0.3 is 0 Å². The van der Waals surface area contributed by atoms with E-state index in [0.717, 1.165) is 16.8 Å². The van der Waals surface area contributed by atoms with Crippen LogP contribution >= 0.6 is 11.3 Å². The number of amides is 1. The number of carbonyl (C=O) groups is 1. The second-order valence-corrected chi connectivity index (χ2v) is 7.68. The summed E-state index contributed by atoms with van der Waals surface area (Å²) in [4.78, 5) is 17.4. The first kappa shape index (κ1) is 19.0. The fourth-order valence-electron chi connectivity index (χ4n) is 2.76. The van der Waals surface area contributed by atoms with Gasteiger partial charge in [0.1, 0.15) is 5.82 Å². The molecule has 0 aliphatic carbocycles. The van der Waals surface area contributed by atoms with Crippen molar-refractivity contribution in [2.75, 3.05) is 27.2 Å². The number of nitrogens with zero attached hydrogens (tertiary/aromatic N) is 3. The van der Waals surface area contributed by atoms with Crippen molar-refractivity contribution < 1.29 is 9.18 Å². The first-order valence-electron chi connectivity index (χ1n) is 8.59. The van der Waals surface area contributed by atoms with Crippen LogP contribution in [-0.4, -0.2) is 42.9 Å². The number of carbonyl (C=O) groups excluding carboxylic acids is 1. The molecule has 3 aromatic rings. The van der Waals surface area contributed by atoms with Crippen molar-refractivity contribution in [1.82, 2.24) is 9.80 Å². The molecule has 0 aliphatic heterocycles. The lowest BCUT2D eigenvalue weighted by atomic mass is 10.1. The maximum atomic E-state index is 14.0. The van der Waals surface area contributed by atoms with Crippen LogP contribution in [0.25, 0.3) is 10.1 Å². The van der Waals surface area contributed by atoms with Gasteiger partial charge in [-0.15, -0.1) is 11.3 Å². The van der Waals surface area contributed by atoms with Gasteiger partial charge in [-0.3, -0.25) is 4.79 Å². The quantitative estimate of drug-likeness (QED) is 0.645. The molecule has 0 saturated heterocycles. The van der Waals surface area contributed by atoms with Crippen LogP contribution in [0, 0.1) is 17.1 Å². The van der Waals surface area contributed by atoms with Crippen molar-refractivity contribution in [3.05, 3.63) is 70.4 Å². The van der Waals surface area contributed by atoms with Gasteiger partial charge in [0.15, 0.2) is 0 Å². The monoisotopic (exact) mass is 381 g/mol. The minimum atomic E-state index is -0.310. The van der Waals surface area contributed by atoms with Gasteiger partial charge in [0.25, 0.3) is 5.91 Å². The standard InChI is InChI=1S/C21H20FN3OS/c1-24(2)10-11-25(14-16-8-6-15(13-23)7-9-16)21(26)20-12-17-18(22)4-3-5-19(17)27-20/h3-9,12H,10-11,14H2,1-2H3. The van der Waals surface area contributed by atoms with E-state index in [1.807, 2.05) is 37.2 Å². The third kappa shape index (κ3) is 4.51. The van der Waals surface area contributed by atoms with E-state index in [0.29, 0.717) is 28.9 Å². The Balaban J connectivity index is 1.86. The molecule has 1 heterocycles. The van der Waals surface area contributed by atoms with E-state index < -0.39 is 0 Å². The number of likely N-dealkylation sites (N-methyl/N-ethyl adjacent to an activating group) is 1. The fraction of sp³-hybridized carbons (Fsp3) is 0.238. The topological polar surface area (TPSA) is 47.3 Å². The lowest BCUT2D eigenvalue weighted by Crippen LogP contribution is -2.35. The molecule has 2 aromatic carbocycles. The molecular formula is C21H20FN3OS. The Labute approximate surface area is 162 Å². The number of thiophene rings is 1. The first-order chi connectivity index (χ1) is 13.0. The van der Waals surface area contributed by atoms with Gasteiger partial charge in [0.05, 0.1) is 16.5 Å². The predicted molar refractivity (Wildman–Crippen MR) is 106 cm³/mol. The van der Waals surface area contributed by atoms with Gasteiger partial charge in [0.2, 0.25) is 0 Å². The zero-order valence-electron chi connectivity index (χ0n) is 15.3. The smallest absolute Gasteiger partial charge is 0.264 e. The van der Waals surface area contributed by atoms with E-state index in [9.17, 15) is 9.18 Å². The van der Waals surface area contributed by atoms with Gasteiger partial charge < -0.3 is 9.80 Å². The second kappa shape index (κ2) is 8.30. The number of hydrogen-bond donors (Lipinski definition) is 0. The number of fused-ring (bicyclic) bond motifs is 1. The van der Waals surface area contributed by atoms with Crippen molar-refractivity contribution in [3.63, 3.8) is 0 Å². The molecule has 6 heteroatoms. The molecule has 0 unspecified atom stereocenters. The van der Waals surface area contributed by atoms with E-state index in [2.05, 4.69) is 6.07 Å². The Morgan fingerprint density at radius 2 is 1.89 bits per heavy atom. The maximum Gasteiger partial charge on any atom is 0.264 e. The lowest BCUT2D eigenvalue weighted by molar-refractivity contribution is 0.0737. The van der Waals surface area contributed by atoms with Gasteiger partial charge in [0, 0.05) is 29.7 Å². The molecule has 0 saturated carbocycles. The number of benzene rings is 2. The Morgan fingerprint density at radius 3 is 2.52 bits per heavy atom. The van der Waals surface area contributed by atoms with Crippen LogP contribution in [0.4, 0.5) is 4.39 Å². The molecule has 0 aliphatic rings. The molecule has 0 spiro atoms. The number of rotatable bonds is 6. The molecule has 0 radical (unpaired) electrons. The summed E-state index contributed by atoms with van der Waals surface area (Å²) in [5.41, 5.74) is 1.54. The van der Waals surface area contributed by atoms with Gasteiger partial charge in [-0.25, -0.2) is 4.39 Å². The molecular weight excluding hydrogens is 361 g/mol. The van der Waals surface area contributed by atoms with E-state index in [-0.39, 0.29) is 11.7 Å². The van der Waals surface area contributed by atoms with Crippen molar-refractivity contribution in [2.45, 2.75) is 6.54 Å². The summed E-state index contributed by atoms with van der Waals surface area (Å²) in [7, 11) is 3.92. The molecule has 3 rings (SSSR count). The summed E-state index contributed by atoms with van der Waals surface area (Å²) in [6, 6.07) is 15.8. The number of nitriles is 1. The highest BCUT2D eigenvalue weighted by molar-refractivity contribution is 7.20. The summed E-state index contributed by atoms with van der Waals surface area (Å²) in [5.74, 6) is -0.420. The summed E-state index contributed by atoms with van der Waals surface area (Å²) < 4.78 is 14.8. The molecule has 0 atom stereocenters. The minimum Gasteiger partial charge on any atom is -0.332 e. The van der Waals surface area contributed by atoms with Crippen LogP contribution in [0.1, 0.15) is 20.8 Å². The first-order valence-corrected chi connectivity index (χ1v) is 9.40. The third-order valence-electron chi connectivity index (χ3n) is 4.28. The Morgan fingerprint density at radius 1 is 1.15 bits per heavy atom. The molecule has 1 aromatic heterocycles. The van der Waals surface area contributed by atoms with E-state index in [1.165, 1.54) is 17.4 Å². The van der Waals surface area contributed by atoms with Gasteiger partial charge in [-0.1, -0.05) is 18.2 Å². The minimum absolute atomic E-state index is 0.109. The van der Waals surface area contributed by atoms with Crippen LogP contribution in [0.15, 0.2) is 48.5 Å². The van der Waals surface area contributed by atoms with Gasteiger partial charge in [-0.05, 0) is 50.0 Å². The Bertz CT molecular complexity index is 989. The normalized spacial score (nSPS) is 10.9. The van der Waals surface area contributed by atoms with Crippen molar-refractivity contribution in [3.8, 4) is 6.07 Å². The highest BCUT2D eigenvalue weighted by Gasteiger charge is 2.19. The molecule has 4 nitrogen and oxygen atoms in total. The molecule has 27 heavy (non-hydrogen) atoms. The van der Waals surface area contributed by atoms with E-state index in [4.69, 9.17) is 5.26 Å². The maximum absolute atomic E-state index is 14.0. The summed E-state index contributed by atoms with van der Waals surface area (Å²) in [5, 5.41) is 9.42. The fourth-order valence-corrected chi connectivity index (χ4v) is 3.81. The largest absolute Gasteiger partial charge is 0.332 e. The molecule has 0 bridgehead atoms. The Kier molecular flexibility index (Phi) is 5.84. The molecule has 0 fully saturated rings. The van der Waals surface area contributed by atoms with Crippen LogP contribution in [0.2, 0.25) is 0 Å². The lowest BCUT2D eigenvalue weighted by Gasteiger charge is -2.24. The predicted octanol–water partition coefficient (Wildman–Crippen LogP) is 4.12. The van der Waals surface area contributed by atoms with Crippen LogP contribution in [0.5, 0.6) is 0 Å². The average Bonchev–Trinajstić information content (AvgIpc) is 3.10. The second-order valence-electron chi connectivity index (χ2n) is 6.60. The van der Waals surface area contributed by atoms with Crippen molar-refractivity contribution >= 4 is 27.3 Å². The molecule has 0 N–H and O–H groups in total.